The minimum Gasteiger partial charge on any atom is -0.480 e. The van der Waals surface area contributed by atoms with E-state index in [2.05, 4.69) is 23.6 Å². The third kappa shape index (κ3) is 5.31. The van der Waals surface area contributed by atoms with Gasteiger partial charge in [-0.25, -0.2) is 0 Å². The number of aliphatic carboxylic acids is 1. The lowest BCUT2D eigenvalue weighted by Crippen LogP contribution is -2.40. The summed E-state index contributed by atoms with van der Waals surface area (Å²) in [4.78, 5) is 15.9. The highest BCUT2D eigenvalue weighted by Gasteiger charge is 2.27. The molecular weight excluding hydrogens is 252 g/mol. The van der Waals surface area contributed by atoms with Crippen LogP contribution in [0.1, 0.15) is 25.5 Å². The van der Waals surface area contributed by atoms with E-state index in [9.17, 15) is 9.90 Å². The van der Waals surface area contributed by atoms with Crippen LogP contribution in [0.4, 0.5) is 0 Å². The molecule has 112 valence electrons. The molecule has 0 fully saturated rings. The Morgan fingerprint density at radius 2 is 1.75 bits per heavy atom. The van der Waals surface area contributed by atoms with Crippen molar-refractivity contribution in [3.05, 3.63) is 35.9 Å². The van der Waals surface area contributed by atoms with Gasteiger partial charge in [0.1, 0.15) is 6.04 Å². The van der Waals surface area contributed by atoms with E-state index < -0.39 is 12.0 Å². The van der Waals surface area contributed by atoms with Gasteiger partial charge in [-0.05, 0) is 25.6 Å². The van der Waals surface area contributed by atoms with Gasteiger partial charge in [0.2, 0.25) is 0 Å². The first-order chi connectivity index (χ1) is 9.41. The molecule has 0 heterocycles. The zero-order valence-corrected chi connectivity index (χ0v) is 12.9. The van der Waals surface area contributed by atoms with Crippen molar-refractivity contribution in [2.24, 2.45) is 5.92 Å². The molecule has 0 amide bonds. The second-order valence-electron chi connectivity index (χ2n) is 5.84. The first-order valence-corrected chi connectivity index (χ1v) is 7.08. The maximum atomic E-state index is 11.7. The Morgan fingerprint density at radius 1 is 1.15 bits per heavy atom. The summed E-state index contributed by atoms with van der Waals surface area (Å²) in [5.74, 6) is -0.349. The minimum atomic E-state index is -0.782. The van der Waals surface area contributed by atoms with Gasteiger partial charge in [-0.15, -0.1) is 0 Å². The number of carboxylic acid groups (broad SMARTS) is 1. The summed E-state index contributed by atoms with van der Waals surface area (Å²) in [6.07, 6.45) is 0. The largest absolute Gasteiger partial charge is 0.480 e. The first kappa shape index (κ1) is 16.7. The van der Waals surface area contributed by atoms with E-state index in [1.807, 2.05) is 44.4 Å². The molecule has 0 spiro atoms. The Balaban J connectivity index is 2.95. The van der Waals surface area contributed by atoms with Gasteiger partial charge < -0.3 is 10.0 Å². The molecule has 0 saturated heterocycles. The van der Waals surface area contributed by atoms with Crippen LogP contribution in [-0.4, -0.2) is 54.6 Å². The van der Waals surface area contributed by atoms with Crippen LogP contribution >= 0.6 is 0 Å². The predicted molar refractivity (Wildman–Crippen MR) is 81.8 cm³/mol. The summed E-state index contributed by atoms with van der Waals surface area (Å²) in [5.41, 5.74) is 0.847. The van der Waals surface area contributed by atoms with E-state index in [0.29, 0.717) is 5.92 Å². The SMILES string of the molecule is CC(C)CN(CCN(C)C)C(C(=O)O)c1ccccc1. The van der Waals surface area contributed by atoms with Gasteiger partial charge in [0, 0.05) is 19.6 Å². The van der Waals surface area contributed by atoms with Crippen molar-refractivity contribution in [2.45, 2.75) is 19.9 Å². The maximum absolute atomic E-state index is 11.7. The molecule has 0 bridgehead atoms. The molecule has 0 aliphatic carbocycles. The number of benzene rings is 1. The molecule has 1 aromatic carbocycles. The topological polar surface area (TPSA) is 43.8 Å². The Kier molecular flexibility index (Phi) is 6.68. The van der Waals surface area contributed by atoms with Gasteiger partial charge in [0.25, 0.3) is 0 Å². The van der Waals surface area contributed by atoms with E-state index in [1.54, 1.807) is 0 Å². The highest BCUT2D eigenvalue weighted by atomic mass is 16.4. The fourth-order valence-corrected chi connectivity index (χ4v) is 2.27. The molecule has 0 saturated carbocycles. The Hall–Kier alpha value is -1.39. The van der Waals surface area contributed by atoms with E-state index >= 15 is 0 Å². The monoisotopic (exact) mass is 278 g/mol. The van der Waals surface area contributed by atoms with Crippen LogP contribution < -0.4 is 0 Å². The second-order valence-corrected chi connectivity index (χ2v) is 5.84. The van der Waals surface area contributed by atoms with Gasteiger partial charge in [-0.2, -0.15) is 0 Å². The summed E-state index contributed by atoms with van der Waals surface area (Å²) in [6.45, 7) is 6.61. The lowest BCUT2D eigenvalue weighted by molar-refractivity contribution is -0.144. The molecule has 1 unspecified atom stereocenters. The van der Waals surface area contributed by atoms with Gasteiger partial charge in [-0.1, -0.05) is 44.2 Å². The normalized spacial score (nSPS) is 13.2. The van der Waals surface area contributed by atoms with E-state index in [4.69, 9.17) is 0 Å². The van der Waals surface area contributed by atoms with Crippen molar-refractivity contribution in [3.8, 4) is 0 Å². The number of rotatable bonds is 8. The van der Waals surface area contributed by atoms with Gasteiger partial charge >= 0.3 is 5.97 Å². The third-order valence-corrected chi connectivity index (χ3v) is 3.15. The quantitative estimate of drug-likeness (QED) is 0.792. The van der Waals surface area contributed by atoms with Gasteiger partial charge in [0.15, 0.2) is 0 Å². The number of hydrogen-bond donors (Lipinski definition) is 1. The Labute approximate surface area is 122 Å². The van der Waals surface area contributed by atoms with Crippen molar-refractivity contribution >= 4 is 5.97 Å². The minimum absolute atomic E-state index is 0.433. The number of hydrogen-bond acceptors (Lipinski definition) is 3. The van der Waals surface area contributed by atoms with Crippen molar-refractivity contribution in [2.75, 3.05) is 33.7 Å². The van der Waals surface area contributed by atoms with Crippen LogP contribution in [0.3, 0.4) is 0 Å². The molecule has 1 N–H and O–H groups in total. The number of nitrogens with zero attached hydrogens (tertiary/aromatic N) is 2. The molecule has 1 aromatic rings. The van der Waals surface area contributed by atoms with Gasteiger partial charge in [-0.3, -0.25) is 9.69 Å². The van der Waals surface area contributed by atoms with E-state index in [0.717, 1.165) is 25.2 Å². The summed E-state index contributed by atoms with van der Waals surface area (Å²) in [7, 11) is 4.01. The molecule has 4 nitrogen and oxygen atoms in total. The van der Waals surface area contributed by atoms with Crippen molar-refractivity contribution in [1.29, 1.82) is 0 Å². The second kappa shape index (κ2) is 8.02. The summed E-state index contributed by atoms with van der Waals surface area (Å²) in [5, 5.41) is 9.62. The highest BCUT2D eigenvalue weighted by Crippen LogP contribution is 2.22. The summed E-state index contributed by atoms with van der Waals surface area (Å²) < 4.78 is 0. The van der Waals surface area contributed by atoms with Crippen LogP contribution in [-0.2, 0) is 4.79 Å². The van der Waals surface area contributed by atoms with Crippen molar-refractivity contribution in [3.63, 3.8) is 0 Å². The first-order valence-electron chi connectivity index (χ1n) is 7.08. The van der Waals surface area contributed by atoms with Crippen LogP contribution in [0.5, 0.6) is 0 Å². The average molecular weight is 278 g/mol. The van der Waals surface area contributed by atoms with Crippen LogP contribution in [0, 0.1) is 5.92 Å². The summed E-state index contributed by atoms with van der Waals surface area (Å²) in [6, 6.07) is 8.91. The molecule has 4 heteroatoms. The molecular formula is C16H26N2O2. The fourth-order valence-electron chi connectivity index (χ4n) is 2.27. The molecule has 0 aliphatic heterocycles. The zero-order chi connectivity index (χ0) is 15.1. The van der Waals surface area contributed by atoms with E-state index in [-0.39, 0.29) is 0 Å². The Morgan fingerprint density at radius 3 is 2.20 bits per heavy atom. The van der Waals surface area contributed by atoms with Crippen LogP contribution in [0.15, 0.2) is 30.3 Å². The number of likely N-dealkylation sites (N-methyl/N-ethyl adjacent to an activating group) is 1. The molecule has 1 rings (SSSR count). The van der Waals surface area contributed by atoms with E-state index in [1.165, 1.54) is 0 Å². The fraction of sp³-hybridized carbons (Fsp3) is 0.562. The maximum Gasteiger partial charge on any atom is 0.325 e. The standard InChI is InChI=1S/C16H26N2O2/c1-13(2)12-18(11-10-17(3)4)15(16(19)20)14-8-6-5-7-9-14/h5-9,13,15H,10-12H2,1-4H3,(H,19,20). The Bertz CT molecular complexity index is 404. The molecule has 1 atom stereocenters. The number of carbonyl (C=O) groups is 1. The highest BCUT2D eigenvalue weighted by molar-refractivity contribution is 5.75. The summed E-state index contributed by atoms with van der Waals surface area (Å²) >= 11 is 0. The molecule has 0 radical (unpaired) electrons. The van der Waals surface area contributed by atoms with Crippen molar-refractivity contribution in [1.82, 2.24) is 9.80 Å². The smallest absolute Gasteiger partial charge is 0.325 e. The lowest BCUT2D eigenvalue weighted by atomic mass is 10.0. The van der Waals surface area contributed by atoms with Crippen LogP contribution in [0.2, 0.25) is 0 Å². The average Bonchev–Trinajstić information content (AvgIpc) is 2.36. The third-order valence-electron chi connectivity index (χ3n) is 3.15. The lowest BCUT2D eigenvalue weighted by Gasteiger charge is -2.31. The van der Waals surface area contributed by atoms with Crippen LogP contribution in [0.25, 0.3) is 0 Å². The molecule has 20 heavy (non-hydrogen) atoms. The van der Waals surface area contributed by atoms with Gasteiger partial charge in [0.05, 0.1) is 0 Å². The zero-order valence-electron chi connectivity index (χ0n) is 12.9. The van der Waals surface area contributed by atoms with Crippen molar-refractivity contribution < 1.29 is 9.90 Å². The molecule has 0 aliphatic rings. The predicted octanol–water partition coefficient (Wildman–Crippen LogP) is 2.33. The number of carboxylic acids is 1. The molecule has 0 aromatic heterocycles.